The van der Waals surface area contributed by atoms with Gasteiger partial charge < -0.3 is 15.3 Å². The topological polar surface area (TPSA) is 69.6 Å². The van der Waals surface area contributed by atoms with Gasteiger partial charge in [0.05, 0.1) is 5.41 Å². The van der Waals surface area contributed by atoms with Crippen LogP contribution < -0.4 is 5.32 Å². The maximum absolute atomic E-state index is 13.1. The van der Waals surface area contributed by atoms with Crippen LogP contribution in [0.4, 0.5) is 14.9 Å². The first kappa shape index (κ1) is 14.3. The van der Waals surface area contributed by atoms with Crippen LogP contribution in [0.1, 0.15) is 18.9 Å². The van der Waals surface area contributed by atoms with E-state index in [9.17, 15) is 14.0 Å². The molecule has 2 amide bonds. The molecule has 1 unspecified atom stereocenters. The van der Waals surface area contributed by atoms with Crippen LogP contribution in [-0.2, 0) is 4.79 Å². The molecule has 1 aromatic rings. The van der Waals surface area contributed by atoms with Crippen LogP contribution in [0.15, 0.2) is 18.2 Å². The lowest BCUT2D eigenvalue weighted by Crippen LogP contribution is -2.37. The van der Waals surface area contributed by atoms with Gasteiger partial charge in [0.1, 0.15) is 5.82 Å². The van der Waals surface area contributed by atoms with E-state index in [1.807, 2.05) is 0 Å². The number of carbonyl (C=O) groups excluding carboxylic acids is 1. The number of carboxylic acids is 1. The number of urea groups is 1. The Labute approximate surface area is 116 Å². The Balaban J connectivity index is 2.03. The zero-order chi connectivity index (χ0) is 14.9. The van der Waals surface area contributed by atoms with Crippen molar-refractivity contribution in [3.05, 3.63) is 29.6 Å². The Morgan fingerprint density at radius 1 is 1.45 bits per heavy atom. The van der Waals surface area contributed by atoms with Crippen molar-refractivity contribution in [1.29, 1.82) is 0 Å². The minimum atomic E-state index is -0.898. The molecule has 1 atom stereocenters. The van der Waals surface area contributed by atoms with Crippen LogP contribution in [-0.4, -0.2) is 35.1 Å². The molecule has 0 aromatic heterocycles. The van der Waals surface area contributed by atoms with Crippen LogP contribution >= 0.6 is 0 Å². The Bertz CT molecular complexity index is 561. The van der Waals surface area contributed by atoms with Crippen molar-refractivity contribution in [3.63, 3.8) is 0 Å². The summed E-state index contributed by atoms with van der Waals surface area (Å²) in [6, 6.07) is 3.95. The number of benzene rings is 1. The second-order valence-electron chi connectivity index (χ2n) is 5.43. The van der Waals surface area contributed by atoms with Crippen LogP contribution in [0.5, 0.6) is 0 Å². The zero-order valence-electron chi connectivity index (χ0n) is 11.4. The summed E-state index contributed by atoms with van der Waals surface area (Å²) in [4.78, 5) is 24.6. The quantitative estimate of drug-likeness (QED) is 0.874. The van der Waals surface area contributed by atoms with Gasteiger partial charge in [-0.15, -0.1) is 0 Å². The molecule has 1 aromatic carbocycles. The summed E-state index contributed by atoms with van der Waals surface area (Å²) in [5, 5.41) is 11.8. The zero-order valence-corrected chi connectivity index (χ0v) is 11.4. The smallest absolute Gasteiger partial charge is 0.321 e. The first-order chi connectivity index (χ1) is 9.32. The summed E-state index contributed by atoms with van der Waals surface area (Å²) in [6.45, 7) is 3.82. The number of aryl methyl sites for hydroxylation is 1. The van der Waals surface area contributed by atoms with Crippen LogP contribution in [0, 0.1) is 18.2 Å². The van der Waals surface area contributed by atoms with E-state index in [-0.39, 0.29) is 18.4 Å². The number of carboxylic acid groups (broad SMARTS) is 1. The predicted octanol–water partition coefficient (Wildman–Crippen LogP) is 2.46. The van der Waals surface area contributed by atoms with Crippen molar-refractivity contribution >= 4 is 17.7 Å². The molecule has 20 heavy (non-hydrogen) atoms. The summed E-state index contributed by atoms with van der Waals surface area (Å²) in [5.41, 5.74) is 0.0493. The van der Waals surface area contributed by atoms with E-state index in [0.717, 1.165) is 0 Å². The van der Waals surface area contributed by atoms with Gasteiger partial charge in [0.25, 0.3) is 0 Å². The average molecular weight is 280 g/mol. The molecule has 108 valence electrons. The van der Waals surface area contributed by atoms with Gasteiger partial charge in [-0.05, 0) is 44.0 Å². The van der Waals surface area contributed by atoms with Crippen LogP contribution in [0.2, 0.25) is 0 Å². The Kier molecular flexibility index (Phi) is 3.65. The molecule has 1 saturated heterocycles. The third-order valence-corrected chi connectivity index (χ3v) is 3.69. The monoisotopic (exact) mass is 280 g/mol. The number of hydrogen-bond donors (Lipinski definition) is 2. The van der Waals surface area contributed by atoms with Crippen LogP contribution in [0.25, 0.3) is 0 Å². The fraction of sp³-hybridized carbons (Fsp3) is 0.429. The normalized spacial score (nSPS) is 21.9. The van der Waals surface area contributed by atoms with Gasteiger partial charge in [-0.2, -0.15) is 0 Å². The van der Waals surface area contributed by atoms with Crippen LogP contribution in [0.3, 0.4) is 0 Å². The third kappa shape index (κ3) is 2.74. The standard InChI is InChI=1S/C14H17FN2O3/c1-9-7-10(3-4-11(9)15)16-13(20)17-6-5-14(2,8-17)12(18)19/h3-4,7H,5-6,8H2,1-2H3,(H,16,20)(H,18,19). The molecule has 0 bridgehead atoms. The second-order valence-corrected chi connectivity index (χ2v) is 5.43. The van der Waals surface area contributed by atoms with Gasteiger partial charge in [-0.3, -0.25) is 4.79 Å². The molecule has 1 heterocycles. The van der Waals surface area contributed by atoms with Crippen molar-refractivity contribution in [2.75, 3.05) is 18.4 Å². The minimum absolute atomic E-state index is 0.175. The number of hydrogen-bond acceptors (Lipinski definition) is 2. The first-order valence-corrected chi connectivity index (χ1v) is 6.37. The highest BCUT2D eigenvalue weighted by Gasteiger charge is 2.42. The molecule has 1 aliphatic heterocycles. The Morgan fingerprint density at radius 3 is 2.70 bits per heavy atom. The number of aliphatic carboxylic acids is 1. The van der Waals surface area contributed by atoms with Gasteiger partial charge in [0.2, 0.25) is 0 Å². The summed E-state index contributed by atoms with van der Waals surface area (Å²) >= 11 is 0. The predicted molar refractivity (Wildman–Crippen MR) is 72.1 cm³/mol. The fourth-order valence-electron chi connectivity index (χ4n) is 2.23. The molecule has 2 N–H and O–H groups in total. The van der Waals surface area contributed by atoms with Crippen molar-refractivity contribution < 1.29 is 19.1 Å². The third-order valence-electron chi connectivity index (χ3n) is 3.69. The van der Waals surface area contributed by atoms with Gasteiger partial charge in [0.15, 0.2) is 0 Å². The van der Waals surface area contributed by atoms with Gasteiger partial charge in [0, 0.05) is 18.8 Å². The molecule has 0 aliphatic carbocycles. The summed E-state index contributed by atoms with van der Waals surface area (Å²) in [7, 11) is 0. The minimum Gasteiger partial charge on any atom is -0.481 e. The van der Waals surface area contributed by atoms with E-state index in [0.29, 0.717) is 24.2 Å². The highest BCUT2D eigenvalue weighted by Crippen LogP contribution is 2.30. The number of carbonyl (C=O) groups is 2. The maximum Gasteiger partial charge on any atom is 0.321 e. The number of nitrogens with one attached hydrogen (secondary N) is 1. The van der Waals surface area contributed by atoms with Crippen molar-refractivity contribution in [2.24, 2.45) is 5.41 Å². The van der Waals surface area contributed by atoms with E-state index in [1.54, 1.807) is 19.9 Å². The number of rotatable bonds is 2. The highest BCUT2D eigenvalue weighted by atomic mass is 19.1. The van der Waals surface area contributed by atoms with E-state index < -0.39 is 11.4 Å². The average Bonchev–Trinajstić information content (AvgIpc) is 2.78. The summed E-state index contributed by atoms with van der Waals surface area (Å²) < 4.78 is 13.1. The lowest BCUT2D eigenvalue weighted by molar-refractivity contribution is -0.146. The van der Waals surface area contributed by atoms with E-state index in [4.69, 9.17) is 5.11 Å². The van der Waals surface area contributed by atoms with E-state index in [2.05, 4.69) is 5.32 Å². The summed E-state index contributed by atoms with van der Waals surface area (Å²) in [5.74, 6) is -1.23. The van der Waals surface area contributed by atoms with Gasteiger partial charge >= 0.3 is 12.0 Å². The molecular weight excluding hydrogens is 263 g/mol. The van der Waals surface area contributed by atoms with Gasteiger partial charge in [-0.1, -0.05) is 0 Å². The number of nitrogens with zero attached hydrogens (tertiary/aromatic N) is 1. The van der Waals surface area contributed by atoms with Crippen molar-refractivity contribution in [2.45, 2.75) is 20.3 Å². The fourth-order valence-corrected chi connectivity index (χ4v) is 2.23. The number of halogens is 1. The molecule has 0 saturated carbocycles. The van der Waals surface area contributed by atoms with Gasteiger partial charge in [-0.25, -0.2) is 9.18 Å². The van der Waals surface area contributed by atoms with E-state index in [1.165, 1.54) is 17.0 Å². The Hall–Kier alpha value is -2.11. The largest absolute Gasteiger partial charge is 0.481 e. The second kappa shape index (κ2) is 5.11. The number of anilines is 1. The molecular formula is C14H17FN2O3. The molecule has 1 fully saturated rings. The number of likely N-dealkylation sites (tertiary alicyclic amines) is 1. The first-order valence-electron chi connectivity index (χ1n) is 6.37. The molecule has 6 heteroatoms. The Morgan fingerprint density at radius 2 is 2.15 bits per heavy atom. The molecule has 2 rings (SSSR count). The lowest BCUT2D eigenvalue weighted by Gasteiger charge is -2.20. The molecule has 1 aliphatic rings. The van der Waals surface area contributed by atoms with Crippen molar-refractivity contribution in [3.8, 4) is 0 Å². The maximum atomic E-state index is 13.1. The highest BCUT2D eigenvalue weighted by molar-refractivity contribution is 5.90. The van der Waals surface area contributed by atoms with Crippen molar-refractivity contribution in [1.82, 2.24) is 4.90 Å². The lowest BCUT2D eigenvalue weighted by atomic mass is 9.90. The van der Waals surface area contributed by atoms with E-state index >= 15 is 0 Å². The summed E-state index contributed by atoms with van der Waals surface area (Å²) in [6.07, 6.45) is 0.429. The number of amides is 2. The molecule has 0 radical (unpaired) electrons. The molecule has 0 spiro atoms. The SMILES string of the molecule is Cc1cc(NC(=O)N2CCC(C)(C(=O)O)C2)ccc1F. The molecule has 5 nitrogen and oxygen atoms in total.